The zero-order valence-corrected chi connectivity index (χ0v) is 14.3. The molecule has 0 fully saturated rings. The van der Waals surface area contributed by atoms with E-state index in [1.54, 1.807) is 6.92 Å². The van der Waals surface area contributed by atoms with E-state index in [0.29, 0.717) is 5.69 Å². The van der Waals surface area contributed by atoms with Crippen LogP contribution in [0.2, 0.25) is 0 Å². The van der Waals surface area contributed by atoms with E-state index in [1.165, 1.54) is 25.1 Å². The summed E-state index contributed by atoms with van der Waals surface area (Å²) in [7, 11) is 3.02. The summed E-state index contributed by atoms with van der Waals surface area (Å²) in [4.78, 5) is 29.4. The Morgan fingerprint density at radius 1 is 1.35 bits per heavy atom. The van der Waals surface area contributed by atoms with E-state index in [0.717, 1.165) is 0 Å². The Hall–Kier alpha value is -2.62. The average Bonchev–Trinajstić information content (AvgIpc) is 2.45. The smallest absolute Gasteiger partial charge is 0.416 e. The number of pyridine rings is 1. The van der Waals surface area contributed by atoms with Crippen molar-refractivity contribution in [2.24, 2.45) is 0 Å². The number of hydrogen-bond acceptors (Lipinski definition) is 6. The highest BCUT2D eigenvalue weighted by atomic mass is 16.6. The van der Waals surface area contributed by atoms with Gasteiger partial charge >= 0.3 is 12.1 Å². The van der Waals surface area contributed by atoms with Crippen LogP contribution < -0.4 is 4.74 Å². The van der Waals surface area contributed by atoms with Crippen molar-refractivity contribution >= 4 is 12.1 Å². The van der Waals surface area contributed by atoms with Crippen LogP contribution in [0.3, 0.4) is 0 Å². The molecule has 0 saturated heterocycles. The van der Waals surface area contributed by atoms with Gasteiger partial charge in [0, 0.05) is 19.5 Å². The third-order valence-corrected chi connectivity index (χ3v) is 2.91. The van der Waals surface area contributed by atoms with Crippen molar-refractivity contribution in [1.82, 2.24) is 9.88 Å². The maximum atomic E-state index is 12.1. The van der Waals surface area contributed by atoms with Gasteiger partial charge in [-0.25, -0.2) is 14.6 Å². The summed E-state index contributed by atoms with van der Waals surface area (Å²) in [6.07, 6.45) is -0.685. The summed E-state index contributed by atoms with van der Waals surface area (Å²) in [6.45, 7) is 7.53. The van der Waals surface area contributed by atoms with Crippen molar-refractivity contribution in [2.45, 2.75) is 33.1 Å². The fourth-order valence-electron chi connectivity index (χ4n) is 1.63. The van der Waals surface area contributed by atoms with Crippen LogP contribution in [0.25, 0.3) is 0 Å². The van der Waals surface area contributed by atoms with Crippen LogP contribution in [0.15, 0.2) is 6.07 Å². The van der Waals surface area contributed by atoms with Crippen LogP contribution in [-0.2, 0) is 10.2 Å². The molecule has 1 aromatic rings. The van der Waals surface area contributed by atoms with Gasteiger partial charge in [-0.3, -0.25) is 0 Å². The van der Waals surface area contributed by atoms with E-state index in [9.17, 15) is 14.9 Å². The molecule has 1 amide bonds. The quantitative estimate of drug-likeness (QED) is 0.795. The molecule has 0 N–H and O–H groups in total. The molecule has 0 aliphatic heterocycles. The van der Waals surface area contributed by atoms with Crippen molar-refractivity contribution in [2.75, 3.05) is 20.7 Å². The number of carbonyl (C=O) groups is 2. The molecule has 0 bridgehead atoms. The molecule has 0 unspecified atom stereocenters. The molecule has 0 aliphatic carbocycles. The van der Waals surface area contributed by atoms with Gasteiger partial charge in [-0.1, -0.05) is 20.8 Å². The van der Waals surface area contributed by atoms with Gasteiger partial charge in [-0.2, -0.15) is 5.26 Å². The Kier molecular flexibility index (Phi) is 5.68. The van der Waals surface area contributed by atoms with Crippen LogP contribution in [0.5, 0.6) is 5.88 Å². The Morgan fingerprint density at radius 2 is 1.96 bits per heavy atom. The van der Waals surface area contributed by atoms with E-state index in [-0.39, 0.29) is 23.6 Å². The molecular formula is C16H21N3O4. The number of rotatable bonds is 3. The Morgan fingerprint density at radius 3 is 2.39 bits per heavy atom. The maximum Gasteiger partial charge on any atom is 0.416 e. The number of nitrogens with zero attached hydrogens (tertiary/aromatic N) is 3. The normalized spacial score (nSPS) is 10.7. The monoisotopic (exact) mass is 319 g/mol. The number of carbonyl (C=O) groups excluding carboxylic acids is 2. The first-order valence-electron chi connectivity index (χ1n) is 7.13. The topological polar surface area (TPSA) is 92.5 Å². The molecule has 1 rings (SSSR count). The molecule has 7 heteroatoms. The van der Waals surface area contributed by atoms with E-state index >= 15 is 0 Å². The van der Waals surface area contributed by atoms with Crippen molar-refractivity contribution in [3.63, 3.8) is 0 Å². The molecular weight excluding hydrogens is 298 g/mol. The number of esters is 1. The molecule has 0 spiro atoms. The maximum absolute atomic E-state index is 12.1. The first kappa shape index (κ1) is 18.4. The lowest BCUT2D eigenvalue weighted by molar-refractivity contribution is 0.0524. The van der Waals surface area contributed by atoms with Crippen LogP contribution in [0.1, 0.15) is 49.3 Å². The van der Waals surface area contributed by atoms with E-state index in [2.05, 4.69) is 4.98 Å². The van der Waals surface area contributed by atoms with Crippen molar-refractivity contribution < 1.29 is 19.1 Å². The zero-order valence-electron chi connectivity index (χ0n) is 14.3. The zero-order chi connectivity index (χ0) is 17.8. The summed E-state index contributed by atoms with van der Waals surface area (Å²) < 4.78 is 10.1. The highest BCUT2D eigenvalue weighted by Crippen LogP contribution is 2.28. The second-order valence-corrected chi connectivity index (χ2v) is 6.08. The predicted molar refractivity (Wildman–Crippen MR) is 83.3 cm³/mol. The van der Waals surface area contributed by atoms with E-state index in [4.69, 9.17) is 9.47 Å². The lowest BCUT2D eigenvalue weighted by Gasteiger charge is -2.20. The van der Waals surface area contributed by atoms with Crippen LogP contribution >= 0.6 is 0 Å². The van der Waals surface area contributed by atoms with Gasteiger partial charge < -0.3 is 14.4 Å². The minimum atomic E-state index is -0.685. The summed E-state index contributed by atoms with van der Waals surface area (Å²) in [6, 6.07) is 3.37. The van der Waals surface area contributed by atoms with Gasteiger partial charge in [0.05, 0.1) is 17.9 Å². The van der Waals surface area contributed by atoms with Gasteiger partial charge in [0.2, 0.25) is 5.88 Å². The van der Waals surface area contributed by atoms with Gasteiger partial charge in [0.25, 0.3) is 0 Å². The first-order valence-corrected chi connectivity index (χ1v) is 7.13. The number of nitriles is 1. The van der Waals surface area contributed by atoms with Crippen molar-refractivity contribution in [1.29, 1.82) is 5.26 Å². The lowest BCUT2D eigenvalue weighted by atomic mass is 9.90. The minimum Gasteiger partial charge on any atom is -0.462 e. The Bertz CT molecular complexity index is 655. The standard InChI is InChI=1S/C16H21N3O4/c1-7-22-14(20)10-8-12(16(2,3)4)18-13(11(10)9-17)23-15(21)19(5)6/h8H,7H2,1-6H3. The first-order chi connectivity index (χ1) is 10.6. The summed E-state index contributed by atoms with van der Waals surface area (Å²) in [5.41, 5.74) is 0.0257. The summed E-state index contributed by atoms with van der Waals surface area (Å²) >= 11 is 0. The lowest BCUT2D eigenvalue weighted by Crippen LogP contribution is -2.27. The van der Waals surface area contributed by atoms with E-state index < -0.39 is 17.5 Å². The molecule has 0 aromatic carbocycles. The molecule has 7 nitrogen and oxygen atoms in total. The number of amides is 1. The average molecular weight is 319 g/mol. The largest absolute Gasteiger partial charge is 0.462 e. The number of ether oxygens (including phenoxy) is 2. The number of hydrogen-bond donors (Lipinski definition) is 0. The van der Waals surface area contributed by atoms with Gasteiger partial charge in [-0.15, -0.1) is 0 Å². The van der Waals surface area contributed by atoms with Crippen LogP contribution in [-0.4, -0.2) is 42.6 Å². The van der Waals surface area contributed by atoms with Crippen LogP contribution in [0, 0.1) is 11.3 Å². The van der Waals surface area contributed by atoms with E-state index in [1.807, 2.05) is 26.8 Å². The van der Waals surface area contributed by atoms with Gasteiger partial charge in [-0.05, 0) is 13.0 Å². The molecule has 23 heavy (non-hydrogen) atoms. The fraction of sp³-hybridized carbons (Fsp3) is 0.500. The third-order valence-electron chi connectivity index (χ3n) is 2.91. The Balaban J connectivity index is 3.53. The molecule has 0 radical (unpaired) electrons. The highest BCUT2D eigenvalue weighted by molar-refractivity contribution is 5.93. The van der Waals surface area contributed by atoms with Gasteiger partial charge in [0.1, 0.15) is 11.6 Å². The fourth-order valence-corrected chi connectivity index (χ4v) is 1.63. The Labute approximate surface area is 135 Å². The predicted octanol–water partition coefficient (Wildman–Crippen LogP) is 2.49. The number of aromatic nitrogens is 1. The third kappa shape index (κ3) is 4.42. The van der Waals surface area contributed by atoms with Gasteiger partial charge in [0.15, 0.2) is 0 Å². The van der Waals surface area contributed by atoms with Crippen molar-refractivity contribution in [3.8, 4) is 11.9 Å². The molecule has 0 saturated carbocycles. The highest BCUT2D eigenvalue weighted by Gasteiger charge is 2.26. The summed E-state index contributed by atoms with van der Waals surface area (Å²) in [5.74, 6) is -0.846. The SMILES string of the molecule is CCOC(=O)c1cc(C(C)(C)C)nc(OC(=O)N(C)C)c1C#N. The minimum absolute atomic E-state index is 0.0378. The molecule has 0 atom stereocenters. The molecule has 124 valence electrons. The molecule has 1 heterocycles. The second kappa shape index (κ2) is 7.09. The van der Waals surface area contributed by atoms with Crippen LogP contribution in [0.4, 0.5) is 4.79 Å². The van der Waals surface area contributed by atoms with Crippen molar-refractivity contribution in [3.05, 3.63) is 22.9 Å². The molecule has 1 aromatic heterocycles. The second-order valence-electron chi connectivity index (χ2n) is 6.08. The molecule has 0 aliphatic rings. The summed E-state index contributed by atoms with van der Waals surface area (Å²) in [5, 5.41) is 9.36.